The van der Waals surface area contributed by atoms with Crippen molar-refractivity contribution < 1.29 is 43.4 Å². The summed E-state index contributed by atoms with van der Waals surface area (Å²) < 4.78 is 3.23. The molecule has 0 spiro atoms. The van der Waals surface area contributed by atoms with Crippen molar-refractivity contribution in [3.8, 4) is 0 Å². The number of primary amides is 1. The number of amides is 3. The second-order valence-electron chi connectivity index (χ2n) is 9.17. The van der Waals surface area contributed by atoms with Crippen LogP contribution < -0.4 is 21.2 Å². The van der Waals surface area contributed by atoms with Crippen LogP contribution in [0.2, 0.25) is 0 Å². The first-order valence-electron chi connectivity index (χ1n) is 12.1. The van der Waals surface area contributed by atoms with Crippen LogP contribution in [-0.2, 0) is 24.0 Å². The quantitative estimate of drug-likeness (QED) is 0.0883. The van der Waals surface area contributed by atoms with Crippen molar-refractivity contribution in [1.29, 1.82) is 0 Å². The number of imidazole rings is 1. The molecule has 1 saturated heterocycles. The third-order valence-electron chi connectivity index (χ3n) is 6.55. The number of carboxylic acids is 2. The lowest BCUT2D eigenvalue weighted by Gasteiger charge is -2.50. The molecule has 3 aromatic rings. The van der Waals surface area contributed by atoms with Crippen LogP contribution in [0.5, 0.6) is 0 Å². The lowest BCUT2D eigenvalue weighted by Crippen LogP contribution is -2.71. The number of nitrogens with zero attached hydrogens (tertiary/aromatic N) is 5. The number of aryl methyl sites for hydroxylation is 1. The number of aromatic nitrogens is 3. The van der Waals surface area contributed by atoms with E-state index in [1.54, 1.807) is 34.4 Å². The van der Waals surface area contributed by atoms with E-state index in [4.69, 9.17) is 21.4 Å². The minimum Gasteiger partial charge on any atom is -0.478 e. The molecule has 16 nitrogen and oxygen atoms in total. The monoisotopic (exact) mass is 635 g/mol. The van der Waals surface area contributed by atoms with Crippen LogP contribution in [0.15, 0.2) is 27.8 Å². The fraction of sp³-hybridized carbons (Fsp3) is 0.304. The van der Waals surface area contributed by atoms with Crippen LogP contribution >= 0.6 is 34.4 Å². The van der Waals surface area contributed by atoms with E-state index in [9.17, 15) is 29.1 Å². The predicted molar refractivity (Wildman–Crippen MR) is 150 cm³/mol. The van der Waals surface area contributed by atoms with E-state index in [2.05, 4.69) is 15.5 Å². The lowest BCUT2D eigenvalue weighted by atomic mass is 10.0. The first-order valence-corrected chi connectivity index (χ1v) is 14.8. The van der Waals surface area contributed by atoms with E-state index < -0.39 is 58.1 Å². The molecule has 1 fully saturated rings. The number of hydrogen-bond acceptors (Lipinski definition) is 12. The van der Waals surface area contributed by atoms with Gasteiger partial charge < -0.3 is 31.8 Å². The maximum Gasteiger partial charge on any atom is 0.356 e. The molecule has 2 aliphatic heterocycles. The van der Waals surface area contributed by atoms with Crippen LogP contribution in [0.4, 0.5) is 5.13 Å². The van der Waals surface area contributed by atoms with Gasteiger partial charge in [-0.25, -0.2) is 14.6 Å². The SMILES string of the molecule is Cc1n(C2=C(C(=O)O)N3C(=O)[C@@H](NC(=O)/C(=N\O[C@@H](C)C(=O)O)c4csc(N)n4)[C@H]3SC2C)cc2scc(C(N)=O)[n+]12. The molecule has 5 heterocycles. The van der Waals surface area contributed by atoms with Crippen LogP contribution in [0.3, 0.4) is 0 Å². The largest absolute Gasteiger partial charge is 0.478 e. The van der Waals surface area contributed by atoms with E-state index in [-0.39, 0.29) is 22.2 Å². The number of fused-ring (bicyclic) bond motifs is 2. The van der Waals surface area contributed by atoms with Crippen molar-refractivity contribution in [2.75, 3.05) is 5.73 Å². The molecule has 5 rings (SSSR count). The van der Waals surface area contributed by atoms with Gasteiger partial charge in [-0.15, -0.1) is 23.1 Å². The van der Waals surface area contributed by atoms with Gasteiger partial charge in [-0.1, -0.05) is 16.5 Å². The lowest BCUT2D eigenvalue weighted by molar-refractivity contribution is -0.518. The standard InChI is InChI=1S/C23H22N8O8S3/c1-7(21(35)36)39-28-13(10-5-41-23(25)26-10)18(33)27-14-19(34)31-16(22(37)38)15(8(2)42-20(14)31)29-4-12-30(9(29)3)11(6-40-12)17(24)32/h4-8,14,20H,1-3H3,(H6-,24,25,26,27,32,33,35,36,37,38)/p+1/b28-13-/t7-,8?,14+,20+/m0/s1. The smallest absolute Gasteiger partial charge is 0.356 e. The maximum atomic E-state index is 13.3. The highest BCUT2D eigenvalue weighted by molar-refractivity contribution is 8.01. The topological polar surface area (TPSA) is 237 Å². The molecule has 0 radical (unpaired) electrons. The van der Waals surface area contributed by atoms with E-state index in [1.165, 1.54) is 35.4 Å². The molecular weight excluding hydrogens is 613 g/mol. The number of nitrogens with two attached hydrogens (primary N) is 2. The zero-order valence-corrected chi connectivity index (χ0v) is 24.5. The Balaban J connectivity index is 1.47. The summed E-state index contributed by atoms with van der Waals surface area (Å²) in [5.74, 6) is -4.39. The molecule has 42 heavy (non-hydrogen) atoms. The van der Waals surface area contributed by atoms with E-state index in [1.807, 2.05) is 0 Å². The number of aliphatic carboxylic acids is 2. The molecule has 1 unspecified atom stereocenters. The summed E-state index contributed by atoms with van der Waals surface area (Å²) in [5, 5.41) is 27.4. The molecule has 0 saturated carbocycles. The molecule has 7 N–H and O–H groups in total. The third-order valence-corrected chi connectivity index (χ3v) is 9.49. The molecule has 0 aromatic carbocycles. The van der Waals surface area contributed by atoms with Gasteiger partial charge in [-0.2, -0.15) is 8.97 Å². The fourth-order valence-corrected chi connectivity index (χ4v) is 7.51. The number of carbonyl (C=O) groups excluding carboxylic acids is 3. The maximum absolute atomic E-state index is 13.3. The van der Waals surface area contributed by atoms with Crippen LogP contribution in [0, 0.1) is 6.92 Å². The van der Waals surface area contributed by atoms with Crippen molar-refractivity contribution in [3.05, 3.63) is 39.9 Å². The average Bonchev–Trinajstić information content (AvgIpc) is 3.63. The first-order chi connectivity index (χ1) is 19.8. The molecule has 3 aromatic heterocycles. The highest BCUT2D eigenvalue weighted by Crippen LogP contribution is 2.46. The van der Waals surface area contributed by atoms with Crippen LogP contribution in [-0.4, -0.2) is 82.8 Å². The van der Waals surface area contributed by atoms with Gasteiger partial charge in [0.05, 0.1) is 5.25 Å². The zero-order chi connectivity index (χ0) is 30.6. The van der Waals surface area contributed by atoms with Crippen LogP contribution in [0.1, 0.15) is 35.9 Å². The Hall–Kier alpha value is -4.49. The van der Waals surface area contributed by atoms with Gasteiger partial charge in [0.25, 0.3) is 23.5 Å². The number of carbonyl (C=O) groups is 5. The zero-order valence-electron chi connectivity index (χ0n) is 22.0. The number of carboxylic acid groups (broad SMARTS) is 2. The molecule has 2 aliphatic rings. The summed E-state index contributed by atoms with van der Waals surface area (Å²) in [6.45, 7) is 4.68. The molecular formula is C23H23N8O8S3+. The molecule has 0 bridgehead atoms. The number of rotatable bonds is 9. The Morgan fingerprint density at radius 3 is 2.55 bits per heavy atom. The van der Waals surface area contributed by atoms with Crippen molar-refractivity contribution >= 4 is 85.5 Å². The van der Waals surface area contributed by atoms with Crippen LogP contribution in [0.25, 0.3) is 10.5 Å². The third kappa shape index (κ3) is 4.73. The number of anilines is 1. The van der Waals surface area contributed by atoms with Crippen molar-refractivity contribution in [3.63, 3.8) is 0 Å². The normalized spacial score (nSPS) is 21.1. The number of nitrogen functional groups attached to an aromatic ring is 1. The highest BCUT2D eigenvalue weighted by Gasteiger charge is 2.57. The van der Waals surface area contributed by atoms with Gasteiger partial charge in [0.15, 0.2) is 28.4 Å². The second-order valence-corrected chi connectivity index (χ2v) is 12.4. The number of nitrogens with one attached hydrogen (secondary N) is 1. The Morgan fingerprint density at radius 1 is 1.24 bits per heavy atom. The number of oxime groups is 1. The summed E-state index contributed by atoms with van der Waals surface area (Å²) in [5.41, 5.74) is 11.0. The highest BCUT2D eigenvalue weighted by atomic mass is 32.2. The van der Waals surface area contributed by atoms with E-state index in [0.717, 1.165) is 16.2 Å². The summed E-state index contributed by atoms with van der Waals surface area (Å²) in [7, 11) is 0. The summed E-state index contributed by atoms with van der Waals surface area (Å²) in [6.07, 6.45) is 0.289. The van der Waals surface area contributed by atoms with Gasteiger partial charge >= 0.3 is 11.9 Å². The Labute approximate surface area is 248 Å². The number of hydrogen-bond donors (Lipinski definition) is 5. The Morgan fingerprint density at radius 2 is 1.95 bits per heavy atom. The summed E-state index contributed by atoms with van der Waals surface area (Å²) in [4.78, 5) is 72.9. The van der Waals surface area contributed by atoms with E-state index >= 15 is 0 Å². The minimum absolute atomic E-state index is 0.00479. The Kier molecular flexibility index (Phi) is 7.41. The van der Waals surface area contributed by atoms with Crippen molar-refractivity contribution in [2.45, 2.75) is 43.5 Å². The molecule has 0 aliphatic carbocycles. The van der Waals surface area contributed by atoms with Gasteiger partial charge in [0, 0.05) is 17.7 Å². The Bertz CT molecular complexity index is 1740. The fourth-order valence-electron chi connectivity index (χ4n) is 4.56. The predicted octanol–water partition coefficient (Wildman–Crippen LogP) is -0.330. The van der Waals surface area contributed by atoms with Crippen molar-refractivity contribution in [1.82, 2.24) is 19.8 Å². The number of thiazole rings is 2. The molecule has 4 atom stereocenters. The van der Waals surface area contributed by atoms with Gasteiger partial charge in [0.2, 0.25) is 16.6 Å². The van der Waals surface area contributed by atoms with Crippen molar-refractivity contribution in [2.24, 2.45) is 10.9 Å². The first kappa shape index (κ1) is 29.0. The number of β-lactam (4-membered cyclic amide) rings is 1. The van der Waals surface area contributed by atoms with Gasteiger partial charge in [-0.05, 0) is 13.8 Å². The molecule has 19 heteroatoms. The molecule has 220 valence electrons. The average molecular weight is 636 g/mol. The minimum atomic E-state index is -1.38. The van der Waals surface area contributed by atoms with Gasteiger partial charge in [-0.3, -0.25) is 19.3 Å². The summed E-state index contributed by atoms with van der Waals surface area (Å²) >= 11 is 3.51. The molecule has 3 amide bonds. The second kappa shape index (κ2) is 10.7. The van der Waals surface area contributed by atoms with Gasteiger partial charge in [0.1, 0.15) is 17.1 Å². The van der Waals surface area contributed by atoms with E-state index in [0.29, 0.717) is 16.4 Å². The summed E-state index contributed by atoms with van der Waals surface area (Å²) in [6, 6.07) is -1.14. The number of thioether (sulfide) groups is 1.